The van der Waals surface area contributed by atoms with Crippen LogP contribution in [0.1, 0.15) is 18.7 Å². The Kier molecular flexibility index (Phi) is 3.68. The number of aliphatic carboxylic acids is 1. The molecule has 1 N–H and O–H groups in total. The smallest absolute Gasteiger partial charge is 0.336 e. The van der Waals surface area contributed by atoms with Gasteiger partial charge in [0, 0.05) is 22.6 Å². The lowest BCUT2D eigenvalue weighted by molar-refractivity contribution is -0.162. The fraction of sp³-hybridized carbons (Fsp3) is 0.357. The number of thiophene rings is 1. The maximum atomic E-state index is 11.3. The molecule has 1 unspecified atom stereocenters. The van der Waals surface area contributed by atoms with Crippen molar-refractivity contribution < 1.29 is 14.6 Å². The zero-order valence-electron chi connectivity index (χ0n) is 10.5. The molecule has 3 nitrogen and oxygen atoms in total. The number of hydrogen-bond donors (Lipinski definition) is 1. The highest BCUT2D eigenvalue weighted by atomic mass is 32.1. The Balaban J connectivity index is 2.28. The molecule has 0 amide bonds. The molecule has 0 spiro atoms. The number of rotatable bonds is 5. The van der Waals surface area contributed by atoms with Gasteiger partial charge in [0.2, 0.25) is 0 Å². The Morgan fingerprint density at radius 1 is 1.44 bits per heavy atom. The van der Waals surface area contributed by atoms with Crippen LogP contribution in [-0.2, 0) is 16.0 Å². The van der Waals surface area contributed by atoms with E-state index in [4.69, 9.17) is 4.74 Å². The minimum atomic E-state index is -1.14. The molecule has 0 radical (unpaired) electrons. The number of carboxylic acid groups (broad SMARTS) is 1. The summed E-state index contributed by atoms with van der Waals surface area (Å²) in [6.07, 6.45) is 0.398. The molecule has 0 bridgehead atoms. The molecule has 4 heteroatoms. The van der Waals surface area contributed by atoms with Crippen molar-refractivity contribution in [1.82, 2.24) is 0 Å². The van der Waals surface area contributed by atoms with Crippen molar-refractivity contribution in [2.45, 2.75) is 25.9 Å². The van der Waals surface area contributed by atoms with Crippen molar-refractivity contribution in [3.05, 3.63) is 35.2 Å². The van der Waals surface area contributed by atoms with Gasteiger partial charge < -0.3 is 9.84 Å². The van der Waals surface area contributed by atoms with E-state index in [9.17, 15) is 9.90 Å². The van der Waals surface area contributed by atoms with E-state index in [0.29, 0.717) is 13.0 Å². The molecule has 0 fully saturated rings. The summed E-state index contributed by atoms with van der Waals surface area (Å²) in [4.78, 5) is 12.3. The van der Waals surface area contributed by atoms with E-state index >= 15 is 0 Å². The van der Waals surface area contributed by atoms with Crippen LogP contribution in [0.25, 0.3) is 10.1 Å². The second kappa shape index (κ2) is 5.08. The second-order valence-electron chi connectivity index (χ2n) is 4.40. The van der Waals surface area contributed by atoms with Gasteiger partial charge in [0.15, 0.2) is 5.60 Å². The molecular weight excluding hydrogens is 248 g/mol. The number of hydrogen-bond acceptors (Lipinski definition) is 3. The van der Waals surface area contributed by atoms with Crippen LogP contribution < -0.4 is 0 Å². The van der Waals surface area contributed by atoms with Gasteiger partial charge in [-0.3, -0.25) is 0 Å². The normalized spacial score (nSPS) is 14.6. The van der Waals surface area contributed by atoms with Crippen LogP contribution in [0.5, 0.6) is 0 Å². The van der Waals surface area contributed by atoms with Gasteiger partial charge in [0.05, 0.1) is 0 Å². The lowest BCUT2D eigenvalue weighted by Gasteiger charge is -2.23. The van der Waals surface area contributed by atoms with Crippen LogP contribution in [0.3, 0.4) is 0 Å². The third-order valence-corrected chi connectivity index (χ3v) is 4.02. The number of fused-ring (bicyclic) bond motifs is 1. The van der Waals surface area contributed by atoms with Crippen molar-refractivity contribution in [3.8, 4) is 0 Å². The number of carboxylic acids is 1. The van der Waals surface area contributed by atoms with Crippen molar-refractivity contribution in [2.75, 3.05) is 6.61 Å². The second-order valence-corrected chi connectivity index (χ2v) is 5.56. The number of carbonyl (C=O) groups is 1. The molecular formula is C14H16O3S. The summed E-state index contributed by atoms with van der Waals surface area (Å²) in [5.74, 6) is -0.915. The number of benzene rings is 1. The Hall–Kier alpha value is -1.39. The highest BCUT2D eigenvalue weighted by Gasteiger charge is 2.34. The van der Waals surface area contributed by atoms with Gasteiger partial charge >= 0.3 is 5.97 Å². The standard InChI is InChI=1S/C14H16O3S/c1-3-17-14(2,13(15)16)9-11-8-10-6-4-5-7-12(10)18-11/h4-8H,3,9H2,1-2H3,(H,15,16). The van der Waals surface area contributed by atoms with E-state index in [0.717, 1.165) is 10.3 Å². The monoisotopic (exact) mass is 264 g/mol. The minimum Gasteiger partial charge on any atom is -0.479 e. The molecule has 2 aromatic rings. The zero-order chi connectivity index (χ0) is 13.2. The summed E-state index contributed by atoms with van der Waals surface area (Å²) in [5.41, 5.74) is -1.14. The molecule has 0 saturated heterocycles. The topological polar surface area (TPSA) is 46.5 Å². The van der Waals surface area contributed by atoms with E-state index in [-0.39, 0.29) is 0 Å². The molecule has 96 valence electrons. The van der Waals surface area contributed by atoms with Crippen molar-refractivity contribution in [3.63, 3.8) is 0 Å². The quantitative estimate of drug-likeness (QED) is 0.901. The molecule has 1 aromatic heterocycles. The lowest BCUT2D eigenvalue weighted by atomic mass is 10.0. The molecule has 1 aromatic carbocycles. The first-order valence-electron chi connectivity index (χ1n) is 5.90. The third kappa shape index (κ3) is 2.54. The molecule has 0 aliphatic carbocycles. The van der Waals surface area contributed by atoms with Gasteiger partial charge in [-0.05, 0) is 31.4 Å². The van der Waals surface area contributed by atoms with E-state index < -0.39 is 11.6 Å². The molecule has 0 aliphatic heterocycles. The molecule has 0 saturated carbocycles. The molecule has 0 aliphatic rings. The average molecular weight is 264 g/mol. The molecule has 2 rings (SSSR count). The summed E-state index contributed by atoms with van der Waals surface area (Å²) < 4.78 is 6.58. The van der Waals surface area contributed by atoms with E-state index in [1.54, 1.807) is 18.3 Å². The third-order valence-electron chi connectivity index (χ3n) is 2.90. The molecule has 18 heavy (non-hydrogen) atoms. The summed E-state index contributed by atoms with van der Waals surface area (Å²) in [6.45, 7) is 3.84. The summed E-state index contributed by atoms with van der Waals surface area (Å²) in [7, 11) is 0. The maximum Gasteiger partial charge on any atom is 0.336 e. The van der Waals surface area contributed by atoms with Crippen molar-refractivity contribution >= 4 is 27.4 Å². The Labute approximate surface area is 110 Å². The highest BCUT2D eigenvalue weighted by Crippen LogP contribution is 2.29. The predicted molar refractivity (Wildman–Crippen MR) is 73.2 cm³/mol. The van der Waals surface area contributed by atoms with Crippen LogP contribution >= 0.6 is 11.3 Å². The minimum absolute atomic E-state index is 0.397. The zero-order valence-corrected chi connectivity index (χ0v) is 11.3. The van der Waals surface area contributed by atoms with Crippen LogP contribution in [-0.4, -0.2) is 23.3 Å². The van der Waals surface area contributed by atoms with E-state index in [1.165, 1.54) is 4.70 Å². The molecule has 1 atom stereocenters. The Bertz CT molecular complexity index is 528. The van der Waals surface area contributed by atoms with Crippen molar-refractivity contribution in [1.29, 1.82) is 0 Å². The Morgan fingerprint density at radius 3 is 2.78 bits per heavy atom. The number of ether oxygens (including phenoxy) is 1. The highest BCUT2D eigenvalue weighted by molar-refractivity contribution is 7.19. The fourth-order valence-electron chi connectivity index (χ4n) is 1.96. The van der Waals surface area contributed by atoms with Gasteiger partial charge in [0.1, 0.15) is 0 Å². The van der Waals surface area contributed by atoms with Crippen molar-refractivity contribution in [2.24, 2.45) is 0 Å². The Morgan fingerprint density at radius 2 is 2.17 bits per heavy atom. The first-order valence-corrected chi connectivity index (χ1v) is 6.71. The van der Waals surface area contributed by atoms with Gasteiger partial charge in [-0.15, -0.1) is 11.3 Å². The van der Waals surface area contributed by atoms with Gasteiger partial charge in [-0.25, -0.2) is 4.79 Å². The van der Waals surface area contributed by atoms with Crippen LogP contribution in [0.15, 0.2) is 30.3 Å². The summed E-state index contributed by atoms with van der Waals surface area (Å²) in [5, 5.41) is 10.4. The summed E-state index contributed by atoms with van der Waals surface area (Å²) >= 11 is 1.62. The SMILES string of the molecule is CCOC(C)(Cc1cc2ccccc2s1)C(=O)O. The lowest BCUT2D eigenvalue weighted by Crippen LogP contribution is -2.40. The van der Waals surface area contributed by atoms with Gasteiger partial charge in [-0.2, -0.15) is 0 Å². The van der Waals surface area contributed by atoms with Crippen LogP contribution in [0.2, 0.25) is 0 Å². The van der Waals surface area contributed by atoms with Gasteiger partial charge in [0.25, 0.3) is 0 Å². The van der Waals surface area contributed by atoms with E-state index in [2.05, 4.69) is 0 Å². The fourth-order valence-corrected chi connectivity index (χ4v) is 3.17. The predicted octanol–water partition coefficient (Wildman–Crippen LogP) is 3.32. The van der Waals surface area contributed by atoms with E-state index in [1.807, 2.05) is 37.3 Å². The molecule has 1 heterocycles. The van der Waals surface area contributed by atoms with Crippen LogP contribution in [0, 0.1) is 0 Å². The first kappa shape index (κ1) is 13.1. The average Bonchev–Trinajstić information content (AvgIpc) is 2.70. The maximum absolute atomic E-state index is 11.3. The van der Waals surface area contributed by atoms with Crippen LogP contribution in [0.4, 0.5) is 0 Å². The summed E-state index contributed by atoms with van der Waals surface area (Å²) in [6, 6.07) is 10.1. The largest absolute Gasteiger partial charge is 0.479 e. The first-order chi connectivity index (χ1) is 8.55. The van der Waals surface area contributed by atoms with Gasteiger partial charge in [-0.1, -0.05) is 18.2 Å².